The summed E-state index contributed by atoms with van der Waals surface area (Å²) in [4.78, 5) is 0. The first kappa shape index (κ1) is 13.9. The number of nitrogens with zero attached hydrogens (tertiary/aromatic N) is 1. The zero-order valence-corrected chi connectivity index (χ0v) is 12.6. The molecule has 21 heavy (non-hydrogen) atoms. The summed E-state index contributed by atoms with van der Waals surface area (Å²) in [7, 11) is -3.41. The standard InChI is InChI=1S/C16H17NO3S/c1-13-5-4-6-14(11-13)12-21(18,19)17-9-10-20-16-8-3-2-7-15(16)17/h2-8,11H,9-10,12H2,1H3. The zero-order chi connectivity index (χ0) is 14.9. The zero-order valence-electron chi connectivity index (χ0n) is 11.8. The van der Waals surface area contributed by atoms with E-state index in [9.17, 15) is 8.42 Å². The lowest BCUT2D eigenvalue weighted by atomic mass is 10.2. The first-order chi connectivity index (χ1) is 10.1. The molecule has 0 saturated heterocycles. The van der Waals surface area contributed by atoms with Crippen molar-refractivity contribution in [3.63, 3.8) is 0 Å². The highest BCUT2D eigenvalue weighted by Gasteiger charge is 2.28. The van der Waals surface area contributed by atoms with E-state index >= 15 is 0 Å². The van der Waals surface area contributed by atoms with Crippen molar-refractivity contribution in [3.8, 4) is 5.75 Å². The van der Waals surface area contributed by atoms with Crippen LogP contribution in [-0.4, -0.2) is 21.6 Å². The topological polar surface area (TPSA) is 46.6 Å². The lowest BCUT2D eigenvalue weighted by molar-refractivity contribution is 0.316. The molecule has 1 aliphatic heterocycles. The SMILES string of the molecule is Cc1cccc(CS(=O)(=O)N2CCOc3ccccc32)c1. The molecule has 0 fully saturated rings. The molecule has 110 valence electrons. The van der Waals surface area contributed by atoms with Crippen molar-refractivity contribution in [1.82, 2.24) is 0 Å². The number of fused-ring (bicyclic) bond motifs is 1. The van der Waals surface area contributed by atoms with Crippen LogP contribution in [0, 0.1) is 6.92 Å². The van der Waals surface area contributed by atoms with Gasteiger partial charge in [-0.3, -0.25) is 4.31 Å². The van der Waals surface area contributed by atoms with E-state index in [0.717, 1.165) is 11.1 Å². The van der Waals surface area contributed by atoms with Gasteiger partial charge in [-0.1, -0.05) is 42.0 Å². The molecule has 2 aromatic carbocycles. The summed E-state index contributed by atoms with van der Waals surface area (Å²) in [6.45, 7) is 2.69. The molecule has 0 unspecified atom stereocenters. The van der Waals surface area contributed by atoms with E-state index in [4.69, 9.17) is 4.74 Å². The number of hydrogen-bond donors (Lipinski definition) is 0. The fourth-order valence-corrected chi connectivity index (χ4v) is 4.08. The molecule has 2 aromatic rings. The Morgan fingerprint density at radius 1 is 1.14 bits per heavy atom. The van der Waals surface area contributed by atoms with Gasteiger partial charge in [0, 0.05) is 0 Å². The average molecular weight is 303 g/mol. The fraction of sp³-hybridized carbons (Fsp3) is 0.250. The molecule has 5 heteroatoms. The van der Waals surface area contributed by atoms with Gasteiger partial charge in [-0.2, -0.15) is 0 Å². The second kappa shape index (κ2) is 5.41. The molecule has 0 spiro atoms. The molecule has 0 N–H and O–H groups in total. The van der Waals surface area contributed by atoms with Crippen LogP contribution in [0.15, 0.2) is 48.5 Å². The average Bonchev–Trinajstić information content (AvgIpc) is 2.46. The summed E-state index contributed by atoms with van der Waals surface area (Å²) in [6, 6.07) is 14.8. The van der Waals surface area contributed by atoms with Crippen molar-refractivity contribution in [2.75, 3.05) is 17.5 Å². The number of anilines is 1. The summed E-state index contributed by atoms with van der Waals surface area (Å²) in [5, 5.41) is 0. The Morgan fingerprint density at radius 3 is 2.76 bits per heavy atom. The molecule has 0 aliphatic carbocycles. The molecule has 0 aromatic heterocycles. The molecule has 0 atom stereocenters. The largest absolute Gasteiger partial charge is 0.489 e. The lowest BCUT2D eigenvalue weighted by Crippen LogP contribution is -2.38. The maximum atomic E-state index is 12.7. The van der Waals surface area contributed by atoms with Gasteiger partial charge in [0.25, 0.3) is 0 Å². The third-order valence-electron chi connectivity index (χ3n) is 3.45. The summed E-state index contributed by atoms with van der Waals surface area (Å²) in [5.74, 6) is 0.625. The Kier molecular flexibility index (Phi) is 3.59. The van der Waals surface area contributed by atoms with Gasteiger partial charge in [-0.05, 0) is 24.6 Å². The molecular weight excluding hydrogens is 286 g/mol. The maximum absolute atomic E-state index is 12.7. The minimum atomic E-state index is -3.41. The molecule has 1 aliphatic rings. The second-order valence-electron chi connectivity index (χ2n) is 5.13. The molecule has 3 rings (SSSR count). The van der Waals surface area contributed by atoms with E-state index in [0.29, 0.717) is 24.6 Å². The van der Waals surface area contributed by atoms with Crippen LogP contribution in [-0.2, 0) is 15.8 Å². The number of benzene rings is 2. The Morgan fingerprint density at radius 2 is 1.95 bits per heavy atom. The van der Waals surface area contributed by atoms with Gasteiger partial charge in [0.1, 0.15) is 12.4 Å². The molecule has 1 heterocycles. The quantitative estimate of drug-likeness (QED) is 0.876. The normalized spacial score (nSPS) is 14.4. The van der Waals surface area contributed by atoms with Crippen LogP contribution in [0.25, 0.3) is 0 Å². The molecular formula is C16H17NO3S. The highest BCUT2D eigenvalue weighted by Crippen LogP contribution is 2.33. The number of ether oxygens (including phenoxy) is 1. The predicted octanol–water partition coefficient (Wildman–Crippen LogP) is 2.72. The van der Waals surface area contributed by atoms with Gasteiger partial charge in [-0.25, -0.2) is 8.42 Å². The van der Waals surface area contributed by atoms with Gasteiger partial charge >= 0.3 is 0 Å². The highest BCUT2D eigenvalue weighted by molar-refractivity contribution is 7.92. The number of rotatable bonds is 3. The third kappa shape index (κ3) is 2.88. The number of hydrogen-bond acceptors (Lipinski definition) is 3. The Hall–Kier alpha value is -2.01. The molecule has 0 amide bonds. The monoisotopic (exact) mass is 303 g/mol. The van der Waals surface area contributed by atoms with Crippen LogP contribution in [0.5, 0.6) is 5.75 Å². The molecule has 0 bridgehead atoms. The minimum Gasteiger partial charge on any atom is -0.489 e. The predicted molar refractivity (Wildman–Crippen MR) is 83.1 cm³/mol. The fourth-order valence-electron chi connectivity index (χ4n) is 2.52. The van der Waals surface area contributed by atoms with E-state index < -0.39 is 10.0 Å². The van der Waals surface area contributed by atoms with Crippen molar-refractivity contribution >= 4 is 15.7 Å². The minimum absolute atomic E-state index is 0.00299. The first-order valence-electron chi connectivity index (χ1n) is 6.84. The van der Waals surface area contributed by atoms with Crippen molar-refractivity contribution in [2.24, 2.45) is 0 Å². The van der Waals surface area contributed by atoms with Crippen molar-refractivity contribution in [3.05, 3.63) is 59.7 Å². The van der Waals surface area contributed by atoms with Crippen molar-refractivity contribution in [1.29, 1.82) is 0 Å². The third-order valence-corrected chi connectivity index (χ3v) is 5.20. The van der Waals surface area contributed by atoms with Crippen LogP contribution < -0.4 is 9.04 Å². The molecule has 4 nitrogen and oxygen atoms in total. The summed E-state index contributed by atoms with van der Waals surface area (Å²) in [6.07, 6.45) is 0. The van der Waals surface area contributed by atoms with Crippen molar-refractivity contribution in [2.45, 2.75) is 12.7 Å². The van der Waals surface area contributed by atoms with Crippen LogP contribution in [0.1, 0.15) is 11.1 Å². The number of para-hydroxylation sites is 2. The number of sulfonamides is 1. The van der Waals surface area contributed by atoms with Gasteiger partial charge in [0.05, 0.1) is 18.0 Å². The summed E-state index contributed by atoms with van der Waals surface area (Å²) < 4.78 is 32.4. The summed E-state index contributed by atoms with van der Waals surface area (Å²) in [5.41, 5.74) is 2.49. The van der Waals surface area contributed by atoms with Crippen LogP contribution >= 0.6 is 0 Å². The van der Waals surface area contributed by atoms with Gasteiger partial charge in [-0.15, -0.1) is 0 Å². The van der Waals surface area contributed by atoms with E-state index in [1.54, 1.807) is 12.1 Å². The van der Waals surface area contributed by atoms with Crippen LogP contribution in [0.3, 0.4) is 0 Å². The van der Waals surface area contributed by atoms with Crippen molar-refractivity contribution < 1.29 is 13.2 Å². The van der Waals surface area contributed by atoms with E-state index in [2.05, 4.69) is 0 Å². The van der Waals surface area contributed by atoms with E-state index in [-0.39, 0.29) is 5.75 Å². The second-order valence-corrected chi connectivity index (χ2v) is 7.03. The molecule has 0 radical (unpaired) electrons. The Bertz CT molecular complexity index is 756. The smallest absolute Gasteiger partial charge is 0.239 e. The van der Waals surface area contributed by atoms with Crippen LogP contribution in [0.4, 0.5) is 5.69 Å². The van der Waals surface area contributed by atoms with Gasteiger partial charge < -0.3 is 4.74 Å². The van der Waals surface area contributed by atoms with Gasteiger partial charge in [0.15, 0.2) is 0 Å². The van der Waals surface area contributed by atoms with Gasteiger partial charge in [0.2, 0.25) is 10.0 Å². The highest BCUT2D eigenvalue weighted by atomic mass is 32.2. The Labute approximate surface area is 125 Å². The lowest BCUT2D eigenvalue weighted by Gasteiger charge is -2.30. The summed E-state index contributed by atoms with van der Waals surface area (Å²) >= 11 is 0. The maximum Gasteiger partial charge on any atom is 0.239 e. The van der Waals surface area contributed by atoms with E-state index in [1.807, 2.05) is 43.3 Å². The number of aryl methyl sites for hydroxylation is 1. The molecule has 0 saturated carbocycles. The first-order valence-corrected chi connectivity index (χ1v) is 8.45. The Balaban J connectivity index is 1.93. The van der Waals surface area contributed by atoms with Crippen LogP contribution in [0.2, 0.25) is 0 Å². The van der Waals surface area contributed by atoms with E-state index in [1.165, 1.54) is 4.31 Å².